The van der Waals surface area contributed by atoms with Gasteiger partial charge in [0, 0.05) is 12.8 Å². The van der Waals surface area contributed by atoms with Gasteiger partial charge in [-0.25, -0.2) is 0 Å². The minimum Gasteiger partial charge on any atom is -0.481 e. The van der Waals surface area contributed by atoms with E-state index in [1.165, 1.54) is 19.3 Å². The fourth-order valence-corrected chi connectivity index (χ4v) is 1.56. The monoisotopic (exact) mass is 214 g/mol. The first kappa shape index (κ1) is 14.1. The van der Waals surface area contributed by atoms with Crippen LogP contribution in [0.25, 0.3) is 0 Å². The second-order valence-corrected chi connectivity index (χ2v) is 3.93. The Morgan fingerprint density at radius 3 is 1.80 bits per heavy atom. The van der Waals surface area contributed by atoms with Crippen LogP contribution in [0.15, 0.2) is 0 Å². The average molecular weight is 214 g/mol. The van der Waals surface area contributed by atoms with Crippen molar-refractivity contribution < 1.29 is 14.7 Å². The molecule has 0 aromatic heterocycles. The van der Waals surface area contributed by atoms with E-state index in [1.807, 2.05) is 0 Å². The second kappa shape index (κ2) is 11.2. The minimum absolute atomic E-state index is 0.305. The van der Waals surface area contributed by atoms with Crippen LogP contribution in [0, 0.1) is 0 Å². The predicted molar refractivity (Wildman–Crippen MR) is 59.9 cm³/mol. The Morgan fingerprint density at radius 2 is 1.33 bits per heavy atom. The standard InChI is InChI=1S/C12H22O3/c13-11-9-7-5-3-1-2-4-6-8-10-12(14)15/h11H,1-10H2,(H,14,15). The number of carbonyl (C=O) groups excluding carboxylic acids is 1. The lowest BCUT2D eigenvalue weighted by Crippen LogP contribution is -1.93. The first-order chi connectivity index (χ1) is 7.27. The van der Waals surface area contributed by atoms with Crippen LogP contribution in [0.3, 0.4) is 0 Å². The Morgan fingerprint density at radius 1 is 0.867 bits per heavy atom. The molecule has 1 N–H and O–H groups in total. The maximum atomic E-state index is 10.2. The Bertz CT molecular complexity index is 166. The van der Waals surface area contributed by atoms with Crippen LogP contribution >= 0.6 is 0 Å². The lowest BCUT2D eigenvalue weighted by atomic mass is 10.1. The number of aliphatic carboxylic acids is 1. The molecule has 0 saturated carbocycles. The summed E-state index contributed by atoms with van der Waals surface area (Å²) in [5.74, 6) is -0.691. The second-order valence-electron chi connectivity index (χ2n) is 3.93. The van der Waals surface area contributed by atoms with Gasteiger partial charge in [0.2, 0.25) is 0 Å². The molecule has 0 saturated heterocycles. The number of aldehydes is 1. The highest BCUT2D eigenvalue weighted by Gasteiger charge is 1.96. The molecule has 3 heteroatoms. The highest BCUT2D eigenvalue weighted by molar-refractivity contribution is 5.66. The summed E-state index contributed by atoms with van der Waals surface area (Å²) in [6.07, 6.45) is 10.7. The van der Waals surface area contributed by atoms with Gasteiger partial charge in [-0.2, -0.15) is 0 Å². The van der Waals surface area contributed by atoms with Crippen molar-refractivity contribution in [2.45, 2.75) is 64.2 Å². The molecule has 0 spiro atoms. The number of rotatable bonds is 11. The lowest BCUT2D eigenvalue weighted by Gasteiger charge is -2.00. The number of carboxylic acid groups (broad SMARTS) is 1. The molecule has 0 atom stereocenters. The molecular weight excluding hydrogens is 192 g/mol. The number of carboxylic acids is 1. The molecule has 88 valence electrons. The van der Waals surface area contributed by atoms with Crippen molar-refractivity contribution in [2.75, 3.05) is 0 Å². The zero-order chi connectivity index (χ0) is 11.4. The highest BCUT2D eigenvalue weighted by atomic mass is 16.4. The Labute approximate surface area is 91.9 Å². The van der Waals surface area contributed by atoms with Gasteiger partial charge in [0.05, 0.1) is 0 Å². The van der Waals surface area contributed by atoms with Crippen LogP contribution in [-0.2, 0) is 9.59 Å². The average Bonchev–Trinajstić information content (AvgIpc) is 2.20. The third kappa shape index (κ3) is 13.1. The van der Waals surface area contributed by atoms with Crippen LogP contribution in [0.2, 0.25) is 0 Å². The molecule has 0 unspecified atom stereocenters. The van der Waals surface area contributed by atoms with Crippen molar-refractivity contribution in [3.8, 4) is 0 Å². The topological polar surface area (TPSA) is 54.4 Å². The summed E-state index contributed by atoms with van der Waals surface area (Å²) in [6.45, 7) is 0. The molecule has 0 aromatic carbocycles. The van der Waals surface area contributed by atoms with Gasteiger partial charge >= 0.3 is 5.97 Å². The fourth-order valence-electron chi connectivity index (χ4n) is 1.56. The smallest absolute Gasteiger partial charge is 0.303 e. The van der Waals surface area contributed by atoms with Crippen LogP contribution < -0.4 is 0 Å². The summed E-state index contributed by atoms with van der Waals surface area (Å²) in [6, 6.07) is 0. The number of carbonyl (C=O) groups is 2. The molecule has 0 aliphatic heterocycles. The summed E-state index contributed by atoms with van der Waals surface area (Å²) in [5.41, 5.74) is 0. The maximum absolute atomic E-state index is 10.2. The van der Waals surface area contributed by atoms with E-state index in [2.05, 4.69) is 0 Å². The molecular formula is C12H22O3. The Kier molecular flexibility index (Phi) is 10.6. The van der Waals surface area contributed by atoms with Crippen LogP contribution in [0.1, 0.15) is 64.2 Å². The summed E-state index contributed by atoms with van der Waals surface area (Å²) in [7, 11) is 0. The zero-order valence-corrected chi connectivity index (χ0v) is 9.41. The van der Waals surface area contributed by atoms with Crippen molar-refractivity contribution in [3.63, 3.8) is 0 Å². The van der Waals surface area contributed by atoms with E-state index in [1.54, 1.807) is 0 Å². The van der Waals surface area contributed by atoms with Gasteiger partial charge in [-0.05, 0) is 12.8 Å². The molecule has 15 heavy (non-hydrogen) atoms. The first-order valence-electron chi connectivity index (χ1n) is 5.93. The van der Waals surface area contributed by atoms with Gasteiger partial charge in [-0.1, -0.05) is 38.5 Å². The normalized spacial score (nSPS) is 10.1. The summed E-state index contributed by atoms with van der Waals surface area (Å²) in [4.78, 5) is 20.2. The van der Waals surface area contributed by atoms with E-state index < -0.39 is 5.97 Å². The van der Waals surface area contributed by atoms with Crippen molar-refractivity contribution in [1.29, 1.82) is 0 Å². The van der Waals surface area contributed by atoms with Crippen LogP contribution in [-0.4, -0.2) is 17.4 Å². The first-order valence-corrected chi connectivity index (χ1v) is 5.93. The lowest BCUT2D eigenvalue weighted by molar-refractivity contribution is -0.137. The van der Waals surface area contributed by atoms with E-state index in [0.29, 0.717) is 12.8 Å². The summed E-state index contributed by atoms with van der Waals surface area (Å²) < 4.78 is 0. The molecule has 0 rings (SSSR count). The largest absolute Gasteiger partial charge is 0.481 e. The SMILES string of the molecule is O=CCCCCCCCCCCC(=O)O. The Balaban J connectivity index is 2.92. The van der Waals surface area contributed by atoms with Gasteiger partial charge in [0.1, 0.15) is 6.29 Å². The molecule has 0 aliphatic carbocycles. The number of hydrogen-bond acceptors (Lipinski definition) is 2. The van der Waals surface area contributed by atoms with Gasteiger partial charge in [-0.3, -0.25) is 4.79 Å². The molecule has 3 nitrogen and oxygen atoms in total. The van der Waals surface area contributed by atoms with Crippen molar-refractivity contribution in [2.24, 2.45) is 0 Å². The van der Waals surface area contributed by atoms with Gasteiger partial charge in [0.15, 0.2) is 0 Å². The van der Waals surface area contributed by atoms with E-state index in [4.69, 9.17) is 5.11 Å². The van der Waals surface area contributed by atoms with Gasteiger partial charge in [0.25, 0.3) is 0 Å². The third-order valence-electron chi connectivity index (χ3n) is 2.46. The van der Waals surface area contributed by atoms with Crippen molar-refractivity contribution in [3.05, 3.63) is 0 Å². The third-order valence-corrected chi connectivity index (χ3v) is 2.46. The molecule has 0 fully saturated rings. The van der Waals surface area contributed by atoms with Gasteiger partial charge < -0.3 is 9.90 Å². The quantitative estimate of drug-likeness (QED) is 0.424. The molecule has 0 radical (unpaired) electrons. The maximum Gasteiger partial charge on any atom is 0.303 e. The van der Waals surface area contributed by atoms with E-state index in [9.17, 15) is 9.59 Å². The fraction of sp³-hybridized carbons (Fsp3) is 0.833. The number of hydrogen-bond donors (Lipinski definition) is 1. The van der Waals surface area contributed by atoms with Crippen molar-refractivity contribution >= 4 is 12.3 Å². The van der Waals surface area contributed by atoms with E-state index >= 15 is 0 Å². The van der Waals surface area contributed by atoms with E-state index in [-0.39, 0.29) is 0 Å². The Hall–Kier alpha value is -0.860. The minimum atomic E-state index is -0.691. The molecule has 0 amide bonds. The zero-order valence-electron chi connectivity index (χ0n) is 9.41. The highest BCUT2D eigenvalue weighted by Crippen LogP contribution is 2.10. The molecule has 0 bridgehead atoms. The van der Waals surface area contributed by atoms with Crippen LogP contribution in [0.4, 0.5) is 0 Å². The summed E-state index contributed by atoms with van der Waals surface area (Å²) in [5, 5.41) is 8.41. The van der Waals surface area contributed by atoms with E-state index in [0.717, 1.165) is 38.4 Å². The van der Waals surface area contributed by atoms with Gasteiger partial charge in [-0.15, -0.1) is 0 Å². The molecule has 0 heterocycles. The molecule has 0 aromatic rings. The van der Waals surface area contributed by atoms with Crippen molar-refractivity contribution in [1.82, 2.24) is 0 Å². The summed E-state index contributed by atoms with van der Waals surface area (Å²) >= 11 is 0. The predicted octanol–water partition coefficient (Wildman–Crippen LogP) is 3.17. The molecule has 0 aliphatic rings. The van der Waals surface area contributed by atoms with Crippen LogP contribution in [0.5, 0.6) is 0 Å². The number of unbranched alkanes of at least 4 members (excludes halogenated alkanes) is 8.